The van der Waals surface area contributed by atoms with Crippen LogP contribution in [0.25, 0.3) is 0 Å². The molecule has 3 rings (SSSR count). The lowest BCUT2D eigenvalue weighted by Crippen LogP contribution is -2.33. The molecule has 0 unspecified atom stereocenters. The van der Waals surface area contributed by atoms with E-state index in [1.807, 2.05) is 0 Å². The number of nitrogens with zero attached hydrogens (tertiary/aromatic N) is 2. The summed E-state index contributed by atoms with van der Waals surface area (Å²) in [6, 6.07) is 5.14. The molecular weight excluding hydrogens is 338 g/mol. The maximum atomic E-state index is 12.6. The normalized spacial score (nSPS) is 19.4. The predicted molar refractivity (Wildman–Crippen MR) is 100 cm³/mol. The fourth-order valence-electron chi connectivity index (χ4n) is 3.66. The van der Waals surface area contributed by atoms with Gasteiger partial charge in [0.05, 0.1) is 11.3 Å². The first-order valence-corrected chi connectivity index (χ1v) is 9.49. The van der Waals surface area contributed by atoms with Crippen molar-refractivity contribution in [3.8, 4) is 0 Å². The number of hydrogen-bond acceptors (Lipinski definition) is 3. The van der Waals surface area contributed by atoms with Gasteiger partial charge in [-0.3, -0.25) is 9.59 Å². The van der Waals surface area contributed by atoms with Crippen LogP contribution in [-0.4, -0.2) is 49.9 Å². The van der Waals surface area contributed by atoms with E-state index in [1.54, 1.807) is 23.1 Å². The number of hydrogen-bond donors (Lipinski definition) is 1. The molecule has 1 N–H and O–H groups in total. The minimum atomic E-state index is -0.126. The van der Waals surface area contributed by atoms with E-state index in [-0.39, 0.29) is 11.8 Å². The molecule has 0 spiro atoms. The minimum Gasteiger partial charge on any atom is -0.352 e. The monoisotopic (exact) mass is 363 g/mol. The zero-order chi connectivity index (χ0) is 17.8. The minimum absolute atomic E-state index is 0.0580. The van der Waals surface area contributed by atoms with Crippen molar-refractivity contribution >= 4 is 29.1 Å². The standard InChI is InChI=1S/C19H26ClN3O2/c1-22-11-7-14(8-12-22)6-9-21-19(25)16-5-4-15(20)13-17(16)23-10-2-3-18(23)24/h4-5,13-14H,2-3,6-12H2,1H3,(H,21,25). The van der Waals surface area contributed by atoms with Crippen LogP contribution in [0.15, 0.2) is 18.2 Å². The highest BCUT2D eigenvalue weighted by molar-refractivity contribution is 6.31. The van der Waals surface area contributed by atoms with Crippen LogP contribution in [0.4, 0.5) is 5.69 Å². The van der Waals surface area contributed by atoms with Gasteiger partial charge in [0.15, 0.2) is 0 Å². The van der Waals surface area contributed by atoms with Gasteiger partial charge in [0.2, 0.25) is 5.91 Å². The Hall–Kier alpha value is -1.59. The van der Waals surface area contributed by atoms with Crippen molar-refractivity contribution in [1.82, 2.24) is 10.2 Å². The van der Waals surface area contributed by atoms with Crippen molar-refractivity contribution in [1.29, 1.82) is 0 Å². The third-order valence-corrected chi connectivity index (χ3v) is 5.48. The van der Waals surface area contributed by atoms with E-state index in [2.05, 4.69) is 17.3 Å². The highest BCUT2D eigenvalue weighted by Crippen LogP contribution is 2.28. The molecule has 0 bridgehead atoms. The Labute approximate surface area is 154 Å². The van der Waals surface area contributed by atoms with Crippen molar-refractivity contribution < 1.29 is 9.59 Å². The molecule has 0 saturated carbocycles. The van der Waals surface area contributed by atoms with Crippen LogP contribution in [-0.2, 0) is 4.79 Å². The summed E-state index contributed by atoms with van der Waals surface area (Å²) in [5.41, 5.74) is 1.16. The van der Waals surface area contributed by atoms with Gasteiger partial charge in [0.1, 0.15) is 0 Å². The van der Waals surface area contributed by atoms with Gasteiger partial charge in [-0.2, -0.15) is 0 Å². The molecule has 0 aromatic heterocycles. The maximum absolute atomic E-state index is 12.6. The summed E-state index contributed by atoms with van der Waals surface area (Å²) in [5, 5.41) is 3.56. The Bertz CT molecular complexity index is 642. The largest absolute Gasteiger partial charge is 0.352 e. The molecule has 2 aliphatic rings. The maximum Gasteiger partial charge on any atom is 0.253 e. The first-order valence-electron chi connectivity index (χ1n) is 9.11. The average molecular weight is 364 g/mol. The Morgan fingerprint density at radius 3 is 2.72 bits per heavy atom. The Morgan fingerprint density at radius 2 is 2.04 bits per heavy atom. The molecule has 6 heteroatoms. The van der Waals surface area contributed by atoms with E-state index in [4.69, 9.17) is 11.6 Å². The van der Waals surface area contributed by atoms with E-state index < -0.39 is 0 Å². The number of amides is 2. The van der Waals surface area contributed by atoms with Gasteiger partial charge in [-0.05, 0) is 69.9 Å². The third kappa shape index (κ3) is 4.53. The summed E-state index contributed by atoms with van der Waals surface area (Å²) in [6.07, 6.45) is 4.75. The van der Waals surface area contributed by atoms with Gasteiger partial charge >= 0.3 is 0 Å². The van der Waals surface area contributed by atoms with Crippen molar-refractivity contribution in [2.75, 3.05) is 38.1 Å². The Morgan fingerprint density at radius 1 is 1.28 bits per heavy atom. The molecule has 0 aliphatic carbocycles. The van der Waals surface area contributed by atoms with Gasteiger partial charge in [-0.25, -0.2) is 0 Å². The average Bonchev–Trinajstić information content (AvgIpc) is 3.02. The zero-order valence-corrected chi connectivity index (χ0v) is 15.5. The summed E-state index contributed by atoms with van der Waals surface area (Å²) in [7, 11) is 2.15. The molecule has 136 valence electrons. The highest BCUT2D eigenvalue weighted by Gasteiger charge is 2.26. The summed E-state index contributed by atoms with van der Waals surface area (Å²) in [4.78, 5) is 28.7. The number of halogens is 1. The van der Waals surface area contributed by atoms with Crippen molar-refractivity contribution in [3.63, 3.8) is 0 Å². The zero-order valence-electron chi connectivity index (χ0n) is 14.8. The lowest BCUT2D eigenvalue weighted by molar-refractivity contribution is -0.117. The second kappa shape index (κ2) is 8.19. The van der Waals surface area contributed by atoms with Gasteiger partial charge in [-0.15, -0.1) is 0 Å². The molecule has 1 aromatic rings. The topological polar surface area (TPSA) is 52.7 Å². The summed E-state index contributed by atoms with van der Waals surface area (Å²) in [5.74, 6) is 0.614. The number of benzene rings is 1. The summed E-state index contributed by atoms with van der Waals surface area (Å²) >= 11 is 6.09. The van der Waals surface area contributed by atoms with Crippen LogP contribution >= 0.6 is 11.6 Å². The van der Waals surface area contributed by atoms with Crippen LogP contribution in [0.5, 0.6) is 0 Å². The summed E-state index contributed by atoms with van der Waals surface area (Å²) < 4.78 is 0. The van der Waals surface area contributed by atoms with Gasteiger partial charge in [-0.1, -0.05) is 11.6 Å². The molecule has 2 heterocycles. The molecule has 0 atom stereocenters. The molecule has 0 radical (unpaired) electrons. The molecule has 2 saturated heterocycles. The smallest absolute Gasteiger partial charge is 0.253 e. The number of nitrogens with one attached hydrogen (secondary N) is 1. The second-order valence-electron chi connectivity index (χ2n) is 7.10. The highest BCUT2D eigenvalue weighted by atomic mass is 35.5. The van der Waals surface area contributed by atoms with Crippen molar-refractivity contribution in [2.24, 2.45) is 5.92 Å². The third-order valence-electron chi connectivity index (χ3n) is 5.24. The van der Waals surface area contributed by atoms with Gasteiger partial charge in [0.25, 0.3) is 5.91 Å². The molecule has 2 amide bonds. The van der Waals surface area contributed by atoms with E-state index in [0.717, 1.165) is 25.9 Å². The van der Waals surface area contributed by atoms with Crippen LogP contribution < -0.4 is 10.2 Å². The molecular formula is C19H26ClN3O2. The molecule has 2 aliphatic heterocycles. The molecule has 1 aromatic carbocycles. The van der Waals surface area contributed by atoms with E-state index in [0.29, 0.717) is 41.7 Å². The van der Waals surface area contributed by atoms with Crippen LogP contribution in [0.2, 0.25) is 5.02 Å². The molecule has 2 fully saturated rings. The first kappa shape index (κ1) is 18.2. The van der Waals surface area contributed by atoms with Gasteiger partial charge < -0.3 is 15.1 Å². The Kier molecular flexibility index (Phi) is 5.97. The lowest BCUT2D eigenvalue weighted by atomic mass is 9.94. The van der Waals surface area contributed by atoms with E-state index in [1.165, 1.54) is 12.8 Å². The van der Waals surface area contributed by atoms with Gasteiger partial charge in [0, 0.05) is 24.5 Å². The number of carbonyl (C=O) groups excluding carboxylic acids is 2. The van der Waals surface area contributed by atoms with Crippen molar-refractivity contribution in [2.45, 2.75) is 32.1 Å². The predicted octanol–water partition coefficient (Wildman–Crippen LogP) is 2.93. The Balaban J connectivity index is 1.61. The lowest BCUT2D eigenvalue weighted by Gasteiger charge is -2.29. The SMILES string of the molecule is CN1CCC(CCNC(=O)c2ccc(Cl)cc2N2CCCC2=O)CC1. The fraction of sp³-hybridized carbons (Fsp3) is 0.579. The van der Waals surface area contributed by atoms with E-state index >= 15 is 0 Å². The number of piperidine rings is 1. The van der Waals surface area contributed by atoms with Crippen LogP contribution in [0.3, 0.4) is 0 Å². The fourth-order valence-corrected chi connectivity index (χ4v) is 3.83. The number of anilines is 1. The van der Waals surface area contributed by atoms with E-state index in [9.17, 15) is 9.59 Å². The number of carbonyl (C=O) groups is 2. The van der Waals surface area contributed by atoms with Crippen molar-refractivity contribution in [3.05, 3.63) is 28.8 Å². The first-order chi connectivity index (χ1) is 12.0. The van der Waals surface area contributed by atoms with Crippen LogP contribution in [0, 0.1) is 5.92 Å². The number of rotatable bonds is 5. The molecule has 5 nitrogen and oxygen atoms in total. The second-order valence-corrected chi connectivity index (χ2v) is 7.54. The van der Waals surface area contributed by atoms with Crippen LogP contribution in [0.1, 0.15) is 42.5 Å². The summed E-state index contributed by atoms with van der Waals surface area (Å²) in [6.45, 7) is 3.59. The molecule has 25 heavy (non-hydrogen) atoms. The number of likely N-dealkylation sites (tertiary alicyclic amines) is 1. The quantitative estimate of drug-likeness (QED) is 0.875.